The highest BCUT2D eigenvalue weighted by Crippen LogP contribution is 2.31. The summed E-state index contributed by atoms with van der Waals surface area (Å²) in [5.74, 6) is 0.746. The van der Waals surface area contributed by atoms with Crippen LogP contribution in [0.25, 0.3) is 11.3 Å². The van der Waals surface area contributed by atoms with Crippen LogP contribution in [0.15, 0.2) is 30.7 Å². The molecule has 0 amide bonds. The predicted molar refractivity (Wildman–Crippen MR) is 63.6 cm³/mol. The van der Waals surface area contributed by atoms with E-state index in [0.29, 0.717) is 5.56 Å². The fourth-order valence-corrected chi connectivity index (χ4v) is 1.91. The molecule has 1 aliphatic rings. The van der Waals surface area contributed by atoms with Gasteiger partial charge < -0.3 is 0 Å². The van der Waals surface area contributed by atoms with E-state index in [9.17, 15) is 4.79 Å². The molecular weight excluding hydrogens is 214 g/mol. The minimum atomic E-state index is 0.638. The van der Waals surface area contributed by atoms with E-state index in [2.05, 4.69) is 10.1 Å². The van der Waals surface area contributed by atoms with Crippen LogP contribution in [0, 0.1) is 5.92 Å². The lowest BCUT2D eigenvalue weighted by Gasteiger charge is -1.98. The molecule has 3 rings (SSSR count). The molecule has 4 nitrogen and oxygen atoms in total. The topological polar surface area (TPSA) is 47.8 Å². The van der Waals surface area contributed by atoms with Crippen molar-refractivity contribution >= 4 is 6.29 Å². The third kappa shape index (κ3) is 2.11. The van der Waals surface area contributed by atoms with Crippen molar-refractivity contribution < 1.29 is 4.79 Å². The summed E-state index contributed by atoms with van der Waals surface area (Å²) in [4.78, 5) is 15.1. The minimum Gasteiger partial charge on any atom is -0.298 e. The second kappa shape index (κ2) is 4.13. The number of aromatic nitrogens is 3. The van der Waals surface area contributed by atoms with Crippen molar-refractivity contribution in [3.63, 3.8) is 0 Å². The Balaban J connectivity index is 1.96. The lowest BCUT2D eigenvalue weighted by atomic mass is 10.1. The molecule has 0 atom stereocenters. The van der Waals surface area contributed by atoms with Crippen LogP contribution in [0.3, 0.4) is 0 Å². The highest BCUT2D eigenvalue weighted by atomic mass is 16.1. The number of nitrogens with zero attached hydrogens (tertiary/aromatic N) is 3. The average molecular weight is 227 g/mol. The number of hydrogen-bond donors (Lipinski definition) is 0. The minimum absolute atomic E-state index is 0.638. The zero-order valence-electron chi connectivity index (χ0n) is 9.41. The molecule has 0 saturated heterocycles. The Morgan fingerprint density at radius 1 is 1.47 bits per heavy atom. The highest BCUT2D eigenvalue weighted by Gasteiger charge is 2.23. The number of hydrogen-bond acceptors (Lipinski definition) is 3. The average Bonchev–Trinajstić information content (AvgIpc) is 3.08. The maximum absolute atomic E-state index is 11.0. The van der Waals surface area contributed by atoms with Gasteiger partial charge >= 0.3 is 0 Å². The summed E-state index contributed by atoms with van der Waals surface area (Å²) in [5, 5.41) is 4.48. The molecule has 2 aromatic heterocycles. The fraction of sp³-hybridized carbons (Fsp3) is 0.308. The van der Waals surface area contributed by atoms with E-state index in [1.165, 1.54) is 12.8 Å². The molecule has 4 heteroatoms. The molecule has 1 fully saturated rings. The molecule has 2 heterocycles. The summed E-state index contributed by atoms with van der Waals surface area (Å²) in [6, 6.07) is 3.77. The van der Waals surface area contributed by atoms with Gasteiger partial charge in [-0.2, -0.15) is 5.10 Å². The first-order valence-electron chi connectivity index (χ1n) is 5.80. The summed E-state index contributed by atoms with van der Waals surface area (Å²) in [7, 11) is 0. The lowest BCUT2D eigenvalue weighted by Crippen LogP contribution is -2.00. The van der Waals surface area contributed by atoms with Crippen LogP contribution < -0.4 is 0 Å². The molecular formula is C13H13N3O. The number of rotatable bonds is 4. The van der Waals surface area contributed by atoms with Crippen molar-refractivity contribution in [3.05, 3.63) is 36.3 Å². The first-order chi connectivity index (χ1) is 8.36. The normalized spacial score (nSPS) is 14.8. The summed E-state index contributed by atoms with van der Waals surface area (Å²) >= 11 is 0. The zero-order valence-corrected chi connectivity index (χ0v) is 9.41. The van der Waals surface area contributed by atoms with Crippen LogP contribution in [0.4, 0.5) is 0 Å². The molecule has 0 radical (unpaired) electrons. The van der Waals surface area contributed by atoms with Gasteiger partial charge in [0.2, 0.25) is 0 Å². The quantitative estimate of drug-likeness (QED) is 0.752. The third-order valence-electron chi connectivity index (χ3n) is 2.99. The Labute approximate surface area is 99.3 Å². The first-order valence-corrected chi connectivity index (χ1v) is 5.80. The van der Waals surface area contributed by atoms with Gasteiger partial charge in [0, 0.05) is 30.7 Å². The molecule has 0 aliphatic heterocycles. The second-order valence-electron chi connectivity index (χ2n) is 4.46. The van der Waals surface area contributed by atoms with Gasteiger partial charge in [-0.1, -0.05) is 0 Å². The number of pyridine rings is 1. The van der Waals surface area contributed by atoms with E-state index in [1.54, 1.807) is 12.4 Å². The van der Waals surface area contributed by atoms with Crippen LogP contribution in [-0.4, -0.2) is 21.1 Å². The van der Waals surface area contributed by atoms with Gasteiger partial charge in [0.1, 0.15) is 5.69 Å². The van der Waals surface area contributed by atoms with E-state index in [0.717, 1.165) is 30.0 Å². The van der Waals surface area contributed by atoms with Gasteiger partial charge in [0.05, 0.1) is 5.56 Å². The molecule has 1 saturated carbocycles. The summed E-state index contributed by atoms with van der Waals surface area (Å²) in [6.45, 7) is 0.918. The number of aldehydes is 1. The van der Waals surface area contributed by atoms with Crippen molar-refractivity contribution in [2.45, 2.75) is 19.4 Å². The molecule has 17 heavy (non-hydrogen) atoms. The Hall–Kier alpha value is -1.97. The van der Waals surface area contributed by atoms with Crippen LogP contribution in [0.5, 0.6) is 0 Å². The molecule has 2 aromatic rings. The van der Waals surface area contributed by atoms with Crippen LogP contribution >= 0.6 is 0 Å². The largest absolute Gasteiger partial charge is 0.298 e. The summed E-state index contributed by atoms with van der Waals surface area (Å²) < 4.78 is 1.88. The number of carbonyl (C=O) groups excluding carboxylic acids is 1. The van der Waals surface area contributed by atoms with E-state index >= 15 is 0 Å². The summed E-state index contributed by atoms with van der Waals surface area (Å²) in [6.07, 6.45) is 8.69. The Bertz CT molecular complexity index is 529. The van der Waals surface area contributed by atoms with Gasteiger partial charge in [-0.05, 0) is 30.9 Å². The molecule has 1 aliphatic carbocycles. The standard InChI is InChI=1S/C13H13N3O/c17-9-12-8-16(7-10-3-4-10)15-13(12)11-2-1-5-14-6-11/h1-2,5-6,8-10H,3-4,7H2. The van der Waals surface area contributed by atoms with Gasteiger partial charge in [0.25, 0.3) is 0 Å². The van der Waals surface area contributed by atoms with Crippen molar-refractivity contribution in [1.82, 2.24) is 14.8 Å². The Kier molecular flexibility index (Phi) is 2.48. The van der Waals surface area contributed by atoms with Crippen molar-refractivity contribution in [2.24, 2.45) is 5.92 Å². The third-order valence-corrected chi connectivity index (χ3v) is 2.99. The van der Waals surface area contributed by atoms with Gasteiger partial charge in [-0.15, -0.1) is 0 Å². The van der Waals surface area contributed by atoms with Crippen LogP contribution in [0.1, 0.15) is 23.2 Å². The van der Waals surface area contributed by atoms with E-state index < -0.39 is 0 Å². The lowest BCUT2D eigenvalue weighted by molar-refractivity contribution is 0.112. The Morgan fingerprint density at radius 3 is 3.00 bits per heavy atom. The Morgan fingerprint density at radius 2 is 2.35 bits per heavy atom. The molecule has 0 bridgehead atoms. The second-order valence-corrected chi connectivity index (χ2v) is 4.46. The van der Waals surface area contributed by atoms with Crippen molar-refractivity contribution in [1.29, 1.82) is 0 Å². The van der Waals surface area contributed by atoms with Crippen LogP contribution in [-0.2, 0) is 6.54 Å². The summed E-state index contributed by atoms with van der Waals surface area (Å²) in [5.41, 5.74) is 2.26. The monoisotopic (exact) mass is 227 g/mol. The van der Waals surface area contributed by atoms with Crippen LogP contribution in [0.2, 0.25) is 0 Å². The molecule has 0 spiro atoms. The fourth-order valence-electron chi connectivity index (χ4n) is 1.91. The molecule has 86 valence electrons. The SMILES string of the molecule is O=Cc1cn(CC2CC2)nc1-c1cccnc1. The van der Waals surface area contributed by atoms with Gasteiger partial charge in [-0.25, -0.2) is 0 Å². The van der Waals surface area contributed by atoms with E-state index in [1.807, 2.05) is 23.0 Å². The van der Waals surface area contributed by atoms with Gasteiger partial charge in [0.15, 0.2) is 6.29 Å². The maximum Gasteiger partial charge on any atom is 0.153 e. The van der Waals surface area contributed by atoms with Crippen molar-refractivity contribution in [3.8, 4) is 11.3 Å². The molecule has 0 unspecified atom stereocenters. The first kappa shape index (κ1) is 10.2. The number of carbonyl (C=O) groups is 1. The maximum atomic E-state index is 11.0. The molecule has 0 N–H and O–H groups in total. The van der Waals surface area contributed by atoms with E-state index in [-0.39, 0.29) is 0 Å². The zero-order chi connectivity index (χ0) is 11.7. The van der Waals surface area contributed by atoms with Gasteiger partial charge in [-0.3, -0.25) is 14.5 Å². The van der Waals surface area contributed by atoms with E-state index in [4.69, 9.17) is 0 Å². The molecule has 0 aromatic carbocycles. The smallest absolute Gasteiger partial charge is 0.153 e. The van der Waals surface area contributed by atoms with Crippen molar-refractivity contribution in [2.75, 3.05) is 0 Å². The predicted octanol–water partition coefficient (Wildman–Crippen LogP) is 2.17. The highest BCUT2D eigenvalue weighted by molar-refractivity contribution is 5.85.